The third kappa shape index (κ3) is 4.80. The largest absolute Gasteiger partial charge is 0.396 e. The maximum Gasteiger partial charge on any atom is 0.142 e. The van der Waals surface area contributed by atoms with Crippen LogP contribution in [0.25, 0.3) is 0 Å². The second kappa shape index (κ2) is 8.30. The van der Waals surface area contributed by atoms with Crippen LogP contribution >= 0.6 is 23.2 Å². The smallest absolute Gasteiger partial charge is 0.142 e. The Hall–Kier alpha value is -0.390. The summed E-state index contributed by atoms with van der Waals surface area (Å²) in [7, 11) is 0. The zero-order valence-electron chi connectivity index (χ0n) is 11.8. The van der Waals surface area contributed by atoms with Gasteiger partial charge in [0, 0.05) is 30.3 Å². The van der Waals surface area contributed by atoms with E-state index in [4.69, 9.17) is 33.0 Å². The summed E-state index contributed by atoms with van der Waals surface area (Å²) in [4.78, 5) is 2.29. The van der Waals surface area contributed by atoms with Gasteiger partial charge in [-0.2, -0.15) is 0 Å². The molecule has 21 heavy (non-hydrogen) atoms. The molecule has 3 nitrogen and oxygen atoms in total. The van der Waals surface area contributed by atoms with E-state index in [-0.39, 0.29) is 17.7 Å². The average Bonchev–Trinajstić information content (AvgIpc) is 2.48. The molecule has 0 spiro atoms. The minimum atomic E-state index is -0.472. The van der Waals surface area contributed by atoms with E-state index in [1.807, 2.05) is 0 Å². The summed E-state index contributed by atoms with van der Waals surface area (Å²) in [6.45, 7) is 3.35. The SMILES string of the molecule is OCCCCCN1CCOC(c2cc(F)c(Cl)cc2Cl)C1. The van der Waals surface area contributed by atoms with Crippen LogP contribution in [0.5, 0.6) is 0 Å². The first-order chi connectivity index (χ1) is 10.1. The van der Waals surface area contributed by atoms with Crippen molar-refractivity contribution in [3.63, 3.8) is 0 Å². The number of morpholine rings is 1. The lowest BCUT2D eigenvalue weighted by Crippen LogP contribution is -2.39. The van der Waals surface area contributed by atoms with Crippen LogP contribution in [0.3, 0.4) is 0 Å². The zero-order chi connectivity index (χ0) is 15.2. The second-order valence-electron chi connectivity index (χ2n) is 5.23. The van der Waals surface area contributed by atoms with E-state index in [1.54, 1.807) is 0 Å². The number of ether oxygens (including phenoxy) is 1. The molecular weight excluding hydrogens is 316 g/mol. The minimum absolute atomic E-state index is 0.0282. The molecule has 1 fully saturated rings. The van der Waals surface area contributed by atoms with Gasteiger partial charge in [0.05, 0.1) is 17.7 Å². The van der Waals surface area contributed by atoms with Crippen molar-refractivity contribution in [3.8, 4) is 0 Å². The maximum atomic E-state index is 13.6. The molecule has 118 valence electrons. The summed E-state index contributed by atoms with van der Waals surface area (Å²) in [6, 6.07) is 2.79. The normalized spacial score (nSPS) is 19.9. The summed E-state index contributed by atoms with van der Waals surface area (Å²) in [5.41, 5.74) is 0.652. The highest BCUT2D eigenvalue weighted by molar-refractivity contribution is 6.35. The molecule has 1 aliphatic rings. The number of halogens is 3. The zero-order valence-corrected chi connectivity index (χ0v) is 13.3. The maximum absolute atomic E-state index is 13.6. The van der Waals surface area contributed by atoms with Crippen LogP contribution in [0.15, 0.2) is 12.1 Å². The number of hydrogen-bond donors (Lipinski definition) is 1. The van der Waals surface area contributed by atoms with Crippen LogP contribution in [0.4, 0.5) is 4.39 Å². The predicted molar refractivity (Wildman–Crippen MR) is 82.5 cm³/mol. The van der Waals surface area contributed by atoms with Crippen molar-refractivity contribution >= 4 is 23.2 Å². The van der Waals surface area contributed by atoms with Crippen molar-refractivity contribution in [2.75, 3.05) is 32.8 Å². The monoisotopic (exact) mass is 335 g/mol. The van der Waals surface area contributed by atoms with Crippen molar-refractivity contribution in [1.82, 2.24) is 4.90 Å². The third-order valence-corrected chi connectivity index (χ3v) is 4.29. The molecule has 1 saturated heterocycles. The van der Waals surface area contributed by atoms with Gasteiger partial charge >= 0.3 is 0 Å². The van der Waals surface area contributed by atoms with Gasteiger partial charge in [0.1, 0.15) is 5.82 Å². The molecule has 1 atom stereocenters. The summed E-state index contributed by atoms with van der Waals surface area (Å²) < 4.78 is 19.3. The van der Waals surface area contributed by atoms with Crippen molar-refractivity contribution < 1.29 is 14.2 Å². The highest BCUT2D eigenvalue weighted by Crippen LogP contribution is 2.32. The number of hydrogen-bond acceptors (Lipinski definition) is 3. The molecule has 1 aromatic carbocycles. The van der Waals surface area contributed by atoms with Gasteiger partial charge in [0.2, 0.25) is 0 Å². The van der Waals surface area contributed by atoms with Gasteiger partial charge in [-0.15, -0.1) is 0 Å². The van der Waals surface area contributed by atoms with Gasteiger partial charge in [0.25, 0.3) is 0 Å². The molecular formula is C15H20Cl2FNO2. The van der Waals surface area contributed by atoms with Crippen LogP contribution in [-0.4, -0.2) is 42.9 Å². The van der Waals surface area contributed by atoms with E-state index < -0.39 is 5.82 Å². The number of aliphatic hydroxyl groups excluding tert-OH is 1. The van der Waals surface area contributed by atoms with E-state index in [2.05, 4.69) is 4.90 Å². The molecule has 6 heteroatoms. The van der Waals surface area contributed by atoms with Gasteiger partial charge in [-0.1, -0.05) is 23.2 Å². The Labute approximate surface area is 134 Å². The van der Waals surface area contributed by atoms with E-state index in [9.17, 15) is 4.39 Å². The van der Waals surface area contributed by atoms with Crippen LogP contribution in [0, 0.1) is 5.82 Å². The number of nitrogens with zero attached hydrogens (tertiary/aromatic N) is 1. The Bertz CT molecular complexity index is 473. The van der Waals surface area contributed by atoms with E-state index in [0.29, 0.717) is 23.7 Å². The fourth-order valence-electron chi connectivity index (χ4n) is 2.50. The molecule has 0 bridgehead atoms. The summed E-state index contributed by atoms with van der Waals surface area (Å²) in [6.07, 6.45) is 2.66. The molecule has 0 saturated carbocycles. The molecule has 1 aliphatic heterocycles. The lowest BCUT2D eigenvalue weighted by Gasteiger charge is -2.33. The fourth-order valence-corrected chi connectivity index (χ4v) is 3.01. The Morgan fingerprint density at radius 3 is 2.81 bits per heavy atom. The highest BCUT2D eigenvalue weighted by Gasteiger charge is 2.24. The van der Waals surface area contributed by atoms with Crippen molar-refractivity contribution in [2.24, 2.45) is 0 Å². The molecule has 1 aromatic rings. The molecule has 0 radical (unpaired) electrons. The molecule has 1 heterocycles. The number of unbranched alkanes of at least 4 members (excludes halogenated alkanes) is 2. The van der Waals surface area contributed by atoms with Gasteiger partial charge in [-0.05, 0) is 37.9 Å². The average molecular weight is 336 g/mol. The van der Waals surface area contributed by atoms with Crippen molar-refractivity contribution in [2.45, 2.75) is 25.4 Å². The predicted octanol–water partition coefficient (Wildman–Crippen LogP) is 3.67. The van der Waals surface area contributed by atoms with E-state index in [1.165, 1.54) is 12.1 Å². The molecule has 1 N–H and O–H groups in total. The first kappa shape index (κ1) is 17.0. The number of aliphatic hydroxyl groups is 1. The van der Waals surface area contributed by atoms with Gasteiger partial charge in [-0.25, -0.2) is 4.39 Å². The standard InChI is InChI=1S/C15H20Cl2FNO2/c16-12-9-13(17)14(18)8-11(12)15-10-19(5-7-21-15)4-2-1-3-6-20/h8-9,15,20H,1-7,10H2. The summed E-state index contributed by atoms with van der Waals surface area (Å²) >= 11 is 11.9. The summed E-state index contributed by atoms with van der Waals surface area (Å²) in [5, 5.41) is 9.24. The Morgan fingerprint density at radius 2 is 2.05 bits per heavy atom. The van der Waals surface area contributed by atoms with Gasteiger partial charge < -0.3 is 9.84 Å². The van der Waals surface area contributed by atoms with Gasteiger partial charge in [-0.3, -0.25) is 4.90 Å². The summed E-state index contributed by atoms with van der Waals surface area (Å²) in [5.74, 6) is -0.472. The van der Waals surface area contributed by atoms with Crippen LogP contribution < -0.4 is 0 Å². The molecule has 0 amide bonds. The third-order valence-electron chi connectivity index (χ3n) is 3.67. The van der Waals surface area contributed by atoms with Crippen LogP contribution in [-0.2, 0) is 4.74 Å². The Morgan fingerprint density at radius 1 is 1.24 bits per heavy atom. The lowest BCUT2D eigenvalue weighted by atomic mass is 10.1. The quantitative estimate of drug-likeness (QED) is 0.636. The number of benzene rings is 1. The Balaban J connectivity index is 1.96. The Kier molecular flexibility index (Phi) is 6.71. The molecule has 0 aliphatic carbocycles. The van der Waals surface area contributed by atoms with Crippen molar-refractivity contribution in [1.29, 1.82) is 0 Å². The molecule has 1 unspecified atom stereocenters. The highest BCUT2D eigenvalue weighted by atomic mass is 35.5. The van der Waals surface area contributed by atoms with E-state index >= 15 is 0 Å². The first-order valence-corrected chi connectivity index (χ1v) is 7.96. The van der Waals surface area contributed by atoms with Crippen molar-refractivity contribution in [3.05, 3.63) is 33.6 Å². The fraction of sp³-hybridized carbons (Fsp3) is 0.600. The number of rotatable bonds is 6. The topological polar surface area (TPSA) is 32.7 Å². The van der Waals surface area contributed by atoms with E-state index in [0.717, 1.165) is 32.4 Å². The molecule has 2 rings (SSSR count). The van der Waals surface area contributed by atoms with Gasteiger partial charge in [0.15, 0.2) is 0 Å². The minimum Gasteiger partial charge on any atom is -0.396 e. The molecule has 0 aromatic heterocycles. The van der Waals surface area contributed by atoms with Crippen LogP contribution in [0.2, 0.25) is 10.0 Å². The second-order valence-corrected chi connectivity index (χ2v) is 6.05. The lowest BCUT2D eigenvalue weighted by molar-refractivity contribution is -0.0305. The first-order valence-electron chi connectivity index (χ1n) is 7.21. The van der Waals surface area contributed by atoms with Crippen LogP contribution in [0.1, 0.15) is 30.9 Å².